The van der Waals surface area contributed by atoms with Gasteiger partial charge in [-0.2, -0.15) is 8.78 Å². The maximum Gasteiger partial charge on any atom is 0.387 e. The van der Waals surface area contributed by atoms with Gasteiger partial charge in [-0.1, -0.05) is 25.0 Å². The first-order valence-corrected chi connectivity index (χ1v) is 11.1. The molecule has 0 aromatic heterocycles. The average Bonchev–Trinajstić information content (AvgIpc) is 2.75. The van der Waals surface area contributed by atoms with Crippen LogP contribution in [-0.4, -0.2) is 61.8 Å². The summed E-state index contributed by atoms with van der Waals surface area (Å²) in [4.78, 5) is 7.00. The number of aliphatic hydroxyl groups is 1. The Kier molecular flexibility index (Phi) is 11.5. The van der Waals surface area contributed by atoms with E-state index in [1.165, 1.54) is 63.9 Å². The minimum absolute atomic E-state index is 0.0692. The van der Waals surface area contributed by atoms with Gasteiger partial charge in [0, 0.05) is 13.1 Å². The third-order valence-electron chi connectivity index (χ3n) is 5.15. The molecule has 0 radical (unpaired) electrons. The van der Waals surface area contributed by atoms with Crippen LogP contribution in [0.5, 0.6) is 5.75 Å². The molecule has 0 saturated carbocycles. The summed E-state index contributed by atoms with van der Waals surface area (Å²) < 4.78 is 28.7. The van der Waals surface area contributed by atoms with Gasteiger partial charge in [-0.15, -0.1) is 0 Å². The lowest BCUT2D eigenvalue weighted by Gasteiger charge is -2.26. The van der Waals surface area contributed by atoms with E-state index in [4.69, 9.17) is 0 Å². The molecule has 1 aromatic carbocycles. The fourth-order valence-electron chi connectivity index (χ4n) is 3.52. The van der Waals surface area contributed by atoms with Crippen LogP contribution >= 0.6 is 0 Å². The lowest BCUT2D eigenvalue weighted by atomic mass is 10.1. The number of unbranched alkanes of at least 4 members (excludes halogenated alkanes) is 2. The minimum atomic E-state index is -2.86. The molecule has 2 rings (SSSR count). The molecule has 30 heavy (non-hydrogen) atoms. The van der Waals surface area contributed by atoms with Crippen LogP contribution in [0.15, 0.2) is 29.3 Å². The Balaban J connectivity index is 1.68. The molecule has 6 nitrogen and oxygen atoms in total. The second-order valence-corrected chi connectivity index (χ2v) is 7.57. The third kappa shape index (κ3) is 9.71. The van der Waals surface area contributed by atoms with Gasteiger partial charge in [-0.3, -0.25) is 4.99 Å². The van der Waals surface area contributed by atoms with Crippen LogP contribution < -0.4 is 15.4 Å². The predicted octanol–water partition coefficient (Wildman–Crippen LogP) is 3.53. The largest absolute Gasteiger partial charge is 0.435 e. The molecule has 1 saturated heterocycles. The Bertz CT molecular complexity index is 608. The topological polar surface area (TPSA) is 69.1 Å². The maximum absolute atomic E-state index is 12.2. The molecule has 1 aliphatic heterocycles. The van der Waals surface area contributed by atoms with Crippen LogP contribution in [-0.2, 0) is 0 Å². The second kappa shape index (κ2) is 14.1. The maximum atomic E-state index is 12.2. The van der Waals surface area contributed by atoms with Crippen molar-refractivity contribution < 1.29 is 18.6 Å². The number of benzene rings is 1. The Labute approximate surface area is 178 Å². The van der Waals surface area contributed by atoms with E-state index in [9.17, 15) is 13.9 Å². The Morgan fingerprint density at radius 2 is 1.83 bits per heavy atom. The van der Waals surface area contributed by atoms with Gasteiger partial charge < -0.3 is 25.4 Å². The number of halogens is 2. The van der Waals surface area contributed by atoms with Crippen LogP contribution in [0.3, 0.4) is 0 Å². The van der Waals surface area contributed by atoms with Gasteiger partial charge in [-0.25, -0.2) is 0 Å². The van der Waals surface area contributed by atoms with E-state index in [0.29, 0.717) is 11.5 Å². The average molecular weight is 427 g/mol. The molecule has 1 fully saturated rings. The molecular weight excluding hydrogens is 390 g/mol. The van der Waals surface area contributed by atoms with Crippen molar-refractivity contribution in [2.45, 2.75) is 58.2 Å². The van der Waals surface area contributed by atoms with E-state index in [-0.39, 0.29) is 12.3 Å². The molecule has 0 amide bonds. The standard InChI is InChI=1S/C22H36F2N4O2/c1-2-25-22(26-13-5-3-6-14-28-15-7-4-8-16-28)27-17-20(29)18-9-11-19(12-10-18)30-21(23)24/h9-12,20-21,29H,2-8,13-17H2,1H3,(H2,25,26,27). The molecule has 0 spiro atoms. The molecular formula is C22H36F2N4O2. The molecule has 1 aliphatic rings. The summed E-state index contributed by atoms with van der Waals surface area (Å²) in [5.41, 5.74) is 0.605. The van der Waals surface area contributed by atoms with E-state index in [2.05, 4.69) is 25.3 Å². The minimum Gasteiger partial charge on any atom is -0.435 e. The quantitative estimate of drug-likeness (QED) is 0.271. The Hall–Kier alpha value is -1.93. The number of guanidine groups is 1. The highest BCUT2D eigenvalue weighted by molar-refractivity contribution is 5.79. The summed E-state index contributed by atoms with van der Waals surface area (Å²) in [7, 11) is 0. The smallest absolute Gasteiger partial charge is 0.387 e. The number of aliphatic imine (C=N–C) groups is 1. The molecule has 0 aliphatic carbocycles. The molecule has 170 valence electrons. The van der Waals surface area contributed by atoms with Crippen LogP contribution in [0.4, 0.5) is 8.78 Å². The number of alkyl halides is 2. The Morgan fingerprint density at radius 1 is 1.10 bits per heavy atom. The van der Waals surface area contributed by atoms with Crippen LogP contribution in [0, 0.1) is 0 Å². The van der Waals surface area contributed by atoms with Crippen molar-refractivity contribution in [3.8, 4) is 5.75 Å². The SMILES string of the molecule is CCNC(=NCC(O)c1ccc(OC(F)F)cc1)NCCCCCN1CCCCC1. The first-order valence-electron chi connectivity index (χ1n) is 11.1. The second-order valence-electron chi connectivity index (χ2n) is 7.57. The van der Waals surface area contributed by atoms with Gasteiger partial charge in [0.25, 0.3) is 0 Å². The molecule has 1 heterocycles. The highest BCUT2D eigenvalue weighted by Gasteiger charge is 2.10. The zero-order valence-electron chi connectivity index (χ0n) is 18.0. The first-order chi connectivity index (χ1) is 14.6. The molecule has 1 atom stereocenters. The van der Waals surface area contributed by atoms with Crippen LogP contribution in [0.2, 0.25) is 0 Å². The van der Waals surface area contributed by atoms with E-state index >= 15 is 0 Å². The van der Waals surface area contributed by atoms with E-state index in [1.807, 2.05) is 6.92 Å². The highest BCUT2D eigenvalue weighted by Crippen LogP contribution is 2.19. The van der Waals surface area contributed by atoms with Crippen molar-refractivity contribution in [3.63, 3.8) is 0 Å². The third-order valence-corrected chi connectivity index (χ3v) is 5.15. The highest BCUT2D eigenvalue weighted by atomic mass is 19.3. The van der Waals surface area contributed by atoms with Crippen molar-refractivity contribution in [3.05, 3.63) is 29.8 Å². The zero-order valence-corrected chi connectivity index (χ0v) is 18.0. The Morgan fingerprint density at radius 3 is 2.50 bits per heavy atom. The number of nitrogens with zero attached hydrogens (tertiary/aromatic N) is 2. The summed E-state index contributed by atoms with van der Waals surface area (Å²) in [6.07, 6.45) is 6.71. The fraction of sp³-hybridized carbons (Fsp3) is 0.682. The van der Waals surface area contributed by atoms with Gasteiger partial charge in [0.15, 0.2) is 5.96 Å². The molecule has 1 aromatic rings. The van der Waals surface area contributed by atoms with Crippen LogP contribution in [0.1, 0.15) is 57.1 Å². The summed E-state index contributed by atoms with van der Waals surface area (Å²) in [6.45, 7) is 4.58. The van der Waals surface area contributed by atoms with E-state index in [0.717, 1.165) is 19.5 Å². The summed E-state index contributed by atoms with van der Waals surface area (Å²) in [5.74, 6) is 0.741. The van der Waals surface area contributed by atoms with Gasteiger partial charge in [0.2, 0.25) is 0 Å². The van der Waals surface area contributed by atoms with Crippen molar-refractivity contribution in [2.75, 3.05) is 39.3 Å². The van der Waals surface area contributed by atoms with E-state index in [1.54, 1.807) is 12.1 Å². The number of ether oxygens (including phenoxy) is 1. The van der Waals surface area contributed by atoms with Gasteiger partial charge >= 0.3 is 6.61 Å². The number of hydrogen-bond donors (Lipinski definition) is 3. The number of aliphatic hydroxyl groups excluding tert-OH is 1. The monoisotopic (exact) mass is 426 g/mol. The van der Waals surface area contributed by atoms with E-state index < -0.39 is 12.7 Å². The lowest BCUT2D eigenvalue weighted by molar-refractivity contribution is -0.0498. The van der Waals surface area contributed by atoms with Crippen molar-refractivity contribution in [1.82, 2.24) is 15.5 Å². The molecule has 1 unspecified atom stereocenters. The number of rotatable bonds is 12. The number of piperidine rings is 1. The molecule has 3 N–H and O–H groups in total. The van der Waals surface area contributed by atoms with Gasteiger partial charge in [-0.05, 0) is 69.9 Å². The van der Waals surface area contributed by atoms with Crippen molar-refractivity contribution in [1.29, 1.82) is 0 Å². The normalized spacial score (nSPS) is 16.5. The first kappa shape index (κ1) is 24.3. The summed E-state index contributed by atoms with van der Waals surface area (Å²) in [5, 5.41) is 16.8. The van der Waals surface area contributed by atoms with Crippen molar-refractivity contribution >= 4 is 5.96 Å². The van der Waals surface area contributed by atoms with Gasteiger partial charge in [0.05, 0.1) is 12.6 Å². The number of nitrogens with one attached hydrogen (secondary N) is 2. The lowest BCUT2D eigenvalue weighted by Crippen LogP contribution is -2.38. The van der Waals surface area contributed by atoms with Gasteiger partial charge in [0.1, 0.15) is 5.75 Å². The fourth-order valence-corrected chi connectivity index (χ4v) is 3.52. The van der Waals surface area contributed by atoms with Crippen LogP contribution in [0.25, 0.3) is 0 Å². The summed E-state index contributed by atoms with van der Waals surface area (Å²) >= 11 is 0. The predicted molar refractivity (Wildman–Crippen MR) is 116 cm³/mol. The van der Waals surface area contributed by atoms with Crippen molar-refractivity contribution in [2.24, 2.45) is 4.99 Å². The molecule has 0 bridgehead atoms. The number of hydrogen-bond acceptors (Lipinski definition) is 4. The summed E-state index contributed by atoms with van der Waals surface area (Å²) in [6, 6.07) is 5.98. The molecule has 8 heteroatoms. The number of likely N-dealkylation sites (tertiary alicyclic amines) is 1. The zero-order chi connectivity index (χ0) is 21.6.